The molecule has 0 N–H and O–H groups in total. The van der Waals surface area contributed by atoms with Crippen molar-refractivity contribution in [3.63, 3.8) is 0 Å². The fourth-order valence-corrected chi connectivity index (χ4v) is 3.98. The molecular weight excluding hydrogens is 319 g/mol. The molecule has 2 aliphatic rings. The van der Waals surface area contributed by atoms with E-state index in [9.17, 15) is 9.18 Å². The van der Waals surface area contributed by atoms with Gasteiger partial charge in [0.15, 0.2) is 0 Å². The zero-order chi connectivity index (χ0) is 17.4. The van der Waals surface area contributed by atoms with Crippen LogP contribution >= 0.6 is 0 Å². The first-order valence-electron chi connectivity index (χ1n) is 8.41. The minimum Gasteiger partial charge on any atom is -0.465 e. The number of hydrogen-bond donors (Lipinski definition) is 0. The van der Waals surface area contributed by atoms with Gasteiger partial charge >= 0.3 is 5.97 Å². The second-order valence-corrected chi connectivity index (χ2v) is 6.96. The van der Waals surface area contributed by atoms with Gasteiger partial charge in [-0.15, -0.1) is 0 Å². The van der Waals surface area contributed by atoms with E-state index in [-0.39, 0.29) is 17.7 Å². The van der Waals surface area contributed by atoms with Crippen molar-refractivity contribution in [1.82, 2.24) is 0 Å². The summed E-state index contributed by atoms with van der Waals surface area (Å²) in [5, 5.41) is 0. The van der Waals surface area contributed by atoms with Crippen LogP contribution in [-0.4, -0.2) is 12.6 Å². The fraction of sp³-hybridized carbons (Fsp3) is 0.286. The van der Waals surface area contributed by atoms with Gasteiger partial charge in [-0.2, -0.15) is 0 Å². The van der Waals surface area contributed by atoms with Crippen molar-refractivity contribution in [3.05, 3.63) is 72.1 Å². The molecule has 0 spiro atoms. The number of rotatable bonds is 4. The van der Waals surface area contributed by atoms with Gasteiger partial charge in [0, 0.05) is 5.92 Å². The molecule has 4 rings (SSSR count). The number of halogens is 1. The lowest BCUT2D eigenvalue weighted by molar-refractivity contribution is -0.146. The molecule has 3 nitrogen and oxygen atoms in total. The summed E-state index contributed by atoms with van der Waals surface area (Å²) < 4.78 is 24.1. The molecule has 1 aliphatic heterocycles. The van der Waals surface area contributed by atoms with E-state index in [1.807, 2.05) is 24.3 Å². The second kappa shape index (κ2) is 6.03. The third-order valence-corrected chi connectivity index (χ3v) is 5.17. The number of fused-ring (bicyclic) bond motifs is 1. The highest BCUT2D eigenvalue weighted by molar-refractivity contribution is 5.81. The smallest absolute Gasteiger partial charge is 0.313 e. The van der Waals surface area contributed by atoms with Crippen molar-refractivity contribution >= 4 is 5.97 Å². The van der Waals surface area contributed by atoms with Crippen molar-refractivity contribution in [2.24, 2.45) is 11.3 Å². The van der Waals surface area contributed by atoms with Gasteiger partial charge in [0.2, 0.25) is 0 Å². The van der Waals surface area contributed by atoms with Crippen molar-refractivity contribution in [2.75, 3.05) is 6.61 Å². The normalized spacial score (nSPS) is 24.9. The van der Waals surface area contributed by atoms with E-state index in [4.69, 9.17) is 9.47 Å². The average molecular weight is 338 g/mol. The van der Waals surface area contributed by atoms with Crippen LogP contribution in [0.3, 0.4) is 0 Å². The van der Waals surface area contributed by atoms with Gasteiger partial charge in [-0.25, -0.2) is 4.39 Å². The first-order valence-corrected chi connectivity index (χ1v) is 8.41. The van der Waals surface area contributed by atoms with E-state index in [1.54, 1.807) is 12.1 Å². The van der Waals surface area contributed by atoms with Gasteiger partial charge in [-0.1, -0.05) is 24.3 Å². The van der Waals surface area contributed by atoms with Crippen molar-refractivity contribution < 1.29 is 18.7 Å². The summed E-state index contributed by atoms with van der Waals surface area (Å²) in [5.41, 5.74) is 1.67. The number of cyclic esters (lactones) is 1. The Morgan fingerprint density at radius 1 is 1.20 bits per heavy atom. The Labute approximate surface area is 146 Å². The van der Waals surface area contributed by atoms with E-state index in [0.29, 0.717) is 30.9 Å². The lowest BCUT2D eigenvalue weighted by Gasteiger charge is -2.24. The van der Waals surface area contributed by atoms with E-state index >= 15 is 0 Å². The van der Waals surface area contributed by atoms with E-state index in [1.165, 1.54) is 12.1 Å². The molecule has 4 heteroatoms. The van der Waals surface area contributed by atoms with Gasteiger partial charge in [-0.05, 0) is 61.2 Å². The third kappa shape index (κ3) is 2.93. The molecule has 0 bridgehead atoms. The Morgan fingerprint density at radius 3 is 2.80 bits per heavy atom. The van der Waals surface area contributed by atoms with Crippen molar-refractivity contribution in [3.8, 4) is 11.5 Å². The standard InChI is InChI=1S/C21H19FO3/c1-14-9-16-13-24-20(23)21(16,11-14)12-15-3-2-4-19(10-15)25-18-7-5-17(22)6-8-18/h2-8,10,16H,1,9,11-13H2. The van der Waals surface area contributed by atoms with Crippen LogP contribution in [0.5, 0.6) is 11.5 Å². The van der Waals surface area contributed by atoms with Crippen molar-refractivity contribution in [2.45, 2.75) is 19.3 Å². The summed E-state index contributed by atoms with van der Waals surface area (Å²) in [6.07, 6.45) is 2.17. The molecule has 0 amide bonds. The number of esters is 1. The minimum atomic E-state index is -0.481. The maximum atomic E-state index is 13.0. The summed E-state index contributed by atoms with van der Waals surface area (Å²) in [5.74, 6) is 1.05. The Morgan fingerprint density at radius 2 is 2.00 bits per heavy atom. The van der Waals surface area contributed by atoms with Gasteiger partial charge in [0.05, 0.1) is 12.0 Å². The molecule has 25 heavy (non-hydrogen) atoms. The van der Waals surface area contributed by atoms with Gasteiger partial charge in [-0.3, -0.25) is 4.79 Å². The number of allylic oxidation sites excluding steroid dienone is 1. The van der Waals surface area contributed by atoms with Crippen LogP contribution in [0.4, 0.5) is 4.39 Å². The summed E-state index contributed by atoms with van der Waals surface area (Å²) in [7, 11) is 0. The Hall–Kier alpha value is -2.62. The molecular formula is C21H19FO3. The lowest BCUT2D eigenvalue weighted by atomic mass is 9.75. The summed E-state index contributed by atoms with van der Waals surface area (Å²) in [4.78, 5) is 12.4. The highest BCUT2D eigenvalue weighted by Gasteiger charge is 2.55. The minimum absolute atomic E-state index is 0.110. The predicted octanol–water partition coefficient (Wildman–Crippen LogP) is 4.67. The van der Waals surface area contributed by atoms with Crippen molar-refractivity contribution in [1.29, 1.82) is 0 Å². The van der Waals surface area contributed by atoms with Crippen LogP contribution in [0, 0.1) is 17.2 Å². The van der Waals surface area contributed by atoms with Crippen LogP contribution < -0.4 is 4.74 Å². The molecule has 2 aromatic carbocycles. The zero-order valence-electron chi connectivity index (χ0n) is 13.8. The molecule has 1 heterocycles. The van der Waals surface area contributed by atoms with E-state index in [0.717, 1.165) is 17.6 Å². The molecule has 1 saturated carbocycles. The predicted molar refractivity (Wildman–Crippen MR) is 91.9 cm³/mol. The van der Waals surface area contributed by atoms with Crippen LogP contribution in [0.1, 0.15) is 18.4 Å². The van der Waals surface area contributed by atoms with E-state index < -0.39 is 5.41 Å². The highest BCUT2D eigenvalue weighted by Crippen LogP contribution is 2.52. The van der Waals surface area contributed by atoms with Crippen LogP contribution in [0.25, 0.3) is 0 Å². The first kappa shape index (κ1) is 15.9. The Balaban J connectivity index is 1.56. The Kier molecular flexibility index (Phi) is 3.83. The molecule has 0 radical (unpaired) electrons. The summed E-state index contributed by atoms with van der Waals surface area (Å²) in [6, 6.07) is 13.6. The molecule has 1 aliphatic carbocycles. The molecule has 1 saturated heterocycles. The molecule has 2 unspecified atom stereocenters. The third-order valence-electron chi connectivity index (χ3n) is 5.17. The number of hydrogen-bond acceptors (Lipinski definition) is 3. The number of carbonyl (C=O) groups excluding carboxylic acids is 1. The molecule has 0 aromatic heterocycles. The van der Waals surface area contributed by atoms with E-state index in [2.05, 4.69) is 6.58 Å². The maximum Gasteiger partial charge on any atom is 0.313 e. The Bertz CT molecular complexity index is 827. The quantitative estimate of drug-likeness (QED) is 0.600. The summed E-state index contributed by atoms with van der Waals surface area (Å²) in [6.45, 7) is 4.56. The maximum absolute atomic E-state index is 13.0. The topological polar surface area (TPSA) is 35.5 Å². The largest absolute Gasteiger partial charge is 0.465 e. The van der Waals surface area contributed by atoms with Gasteiger partial charge in [0.1, 0.15) is 17.3 Å². The molecule has 128 valence electrons. The zero-order valence-corrected chi connectivity index (χ0v) is 13.8. The van der Waals surface area contributed by atoms with Gasteiger partial charge < -0.3 is 9.47 Å². The first-order chi connectivity index (χ1) is 12.0. The molecule has 2 fully saturated rings. The number of carbonyl (C=O) groups is 1. The number of ether oxygens (including phenoxy) is 2. The SMILES string of the molecule is C=C1CC2COC(=O)C2(Cc2cccc(Oc3ccc(F)cc3)c2)C1. The monoisotopic (exact) mass is 338 g/mol. The van der Waals surface area contributed by atoms with Crippen LogP contribution in [-0.2, 0) is 16.0 Å². The highest BCUT2D eigenvalue weighted by atomic mass is 19.1. The second-order valence-electron chi connectivity index (χ2n) is 6.96. The summed E-state index contributed by atoms with van der Waals surface area (Å²) >= 11 is 0. The van der Waals surface area contributed by atoms with Gasteiger partial charge in [0.25, 0.3) is 0 Å². The average Bonchev–Trinajstić information content (AvgIpc) is 3.05. The van der Waals surface area contributed by atoms with Crippen LogP contribution in [0.15, 0.2) is 60.7 Å². The molecule has 2 atom stereocenters. The lowest BCUT2D eigenvalue weighted by Crippen LogP contribution is -2.31. The fourth-order valence-electron chi connectivity index (χ4n) is 3.98. The number of benzene rings is 2. The van der Waals surface area contributed by atoms with Crippen LogP contribution in [0.2, 0.25) is 0 Å². The molecule has 2 aromatic rings.